The monoisotopic (exact) mass is 200 g/mol. The van der Waals surface area contributed by atoms with Crippen LogP contribution in [0, 0.1) is 6.92 Å². The molecule has 0 saturated carbocycles. The number of thiophene rings is 1. The molecular weight excluding hydrogens is 196 g/mol. The van der Waals surface area contributed by atoms with Crippen molar-refractivity contribution in [1.29, 1.82) is 0 Å². The number of hydrogen-bond donors (Lipinski definition) is 0. The van der Waals surface area contributed by atoms with Crippen LogP contribution in [0.25, 0.3) is 10.7 Å². The van der Waals surface area contributed by atoms with Crippen LogP contribution in [0.3, 0.4) is 0 Å². The summed E-state index contributed by atoms with van der Waals surface area (Å²) < 4.78 is 4.64. The van der Waals surface area contributed by atoms with Gasteiger partial charge in [-0.05, 0) is 30.7 Å². The predicted molar refractivity (Wildman–Crippen MR) is 47.4 cm³/mol. The van der Waals surface area contributed by atoms with Gasteiger partial charge in [0, 0.05) is 4.88 Å². The maximum absolute atomic E-state index is 5.48. The normalized spacial score (nSPS) is 10.5. The molecule has 0 bridgehead atoms. The van der Waals surface area contributed by atoms with E-state index in [0.29, 0.717) is 5.82 Å². The molecule has 3 nitrogen and oxygen atoms in total. The Morgan fingerprint density at radius 2 is 2.33 bits per heavy atom. The Morgan fingerprint density at radius 3 is 2.83 bits per heavy atom. The van der Waals surface area contributed by atoms with Crippen LogP contribution in [-0.4, -0.2) is 10.1 Å². The second-order valence-corrected chi connectivity index (χ2v) is 3.89. The fourth-order valence-electron chi connectivity index (χ4n) is 0.860. The van der Waals surface area contributed by atoms with E-state index in [1.165, 1.54) is 4.88 Å². The van der Waals surface area contributed by atoms with E-state index in [9.17, 15) is 0 Å². The number of aryl methyl sites for hydroxylation is 1. The van der Waals surface area contributed by atoms with Crippen molar-refractivity contribution in [1.82, 2.24) is 10.1 Å². The van der Waals surface area contributed by atoms with Crippen molar-refractivity contribution in [3.8, 4) is 10.7 Å². The van der Waals surface area contributed by atoms with Crippen molar-refractivity contribution < 1.29 is 4.52 Å². The largest absolute Gasteiger partial charge is 0.321 e. The summed E-state index contributed by atoms with van der Waals surface area (Å²) in [6.07, 6.45) is 0. The summed E-state index contributed by atoms with van der Waals surface area (Å²) in [6.45, 7) is 2.02. The van der Waals surface area contributed by atoms with Gasteiger partial charge in [0.05, 0.1) is 4.88 Å². The standard InChI is InChI=1S/C7H5ClN2OS/c1-4-2-3-5(12-4)6-9-7(8)11-10-6/h2-3H,1H3. The molecule has 0 unspecified atom stereocenters. The lowest BCUT2D eigenvalue weighted by Gasteiger charge is -1.81. The van der Waals surface area contributed by atoms with Gasteiger partial charge >= 0.3 is 5.35 Å². The highest BCUT2D eigenvalue weighted by Crippen LogP contribution is 2.25. The Kier molecular flexibility index (Phi) is 1.86. The lowest BCUT2D eigenvalue weighted by molar-refractivity contribution is 0.421. The number of halogens is 1. The molecule has 0 aliphatic rings. The lowest BCUT2D eigenvalue weighted by Crippen LogP contribution is -1.72. The van der Waals surface area contributed by atoms with Gasteiger partial charge in [0.1, 0.15) is 0 Å². The maximum atomic E-state index is 5.48. The van der Waals surface area contributed by atoms with Crippen molar-refractivity contribution in [2.45, 2.75) is 6.92 Å². The summed E-state index contributed by atoms with van der Waals surface area (Å²) in [5, 5.41) is 3.77. The van der Waals surface area contributed by atoms with Gasteiger partial charge in [-0.25, -0.2) is 0 Å². The third-order valence-corrected chi connectivity index (χ3v) is 2.51. The average molecular weight is 201 g/mol. The highest BCUT2D eigenvalue weighted by Gasteiger charge is 2.07. The zero-order valence-electron chi connectivity index (χ0n) is 6.24. The molecule has 0 aromatic carbocycles. The Hall–Kier alpha value is -0.870. The Morgan fingerprint density at radius 1 is 1.50 bits per heavy atom. The minimum atomic E-state index is 0.0797. The molecule has 2 rings (SSSR count). The molecule has 0 amide bonds. The van der Waals surface area contributed by atoms with Crippen LogP contribution in [-0.2, 0) is 0 Å². The zero-order chi connectivity index (χ0) is 8.55. The van der Waals surface area contributed by atoms with Gasteiger partial charge in [-0.1, -0.05) is 5.16 Å². The molecule has 62 valence electrons. The summed E-state index contributed by atoms with van der Waals surface area (Å²) in [4.78, 5) is 6.08. The van der Waals surface area contributed by atoms with Gasteiger partial charge in [-0.2, -0.15) is 4.98 Å². The fourth-order valence-corrected chi connectivity index (χ4v) is 1.77. The first-order valence-electron chi connectivity index (χ1n) is 3.32. The topological polar surface area (TPSA) is 38.9 Å². The number of rotatable bonds is 1. The molecule has 0 atom stereocenters. The molecule has 0 aliphatic carbocycles. The Labute approximate surface area is 78.0 Å². The van der Waals surface area contributed by atoms with Crippen molar-refractivity contribution >= 4 is 22.9 Å². The van der Waals surface area contributed by atoms with E-state index in [-0.39, 0.29) is 5.35 Å². The summed E-state index contributed by atoms with van der Waals surface area (Å²) in [6, 6.07) is 3.95. The summed E-state index contributed by atoms with van der Waals surface area (Å²) in [5.41, 5.74) is 0. The second-order valence-electron chi connectivity index (χ2n) is 2.28. The summed E-state index contributed by atoms with van der Waals surface area (Å²) in [5.74, 6) is 0.554. The van der Waals surface area contributed by atoms with Crippen molar-refractivity contribution in [3.63, 3.8) is 0 Å². The molecule has 2 heterocycles. The molecule has 0 spiro atoms. The molecule has 12 heavy (non-hydrogen) atoms. The first-order chi connectivity index (χ1) is 5.75. The van der Waals surface area contributed by atoms with E-state index in [1.54, 1.807) is 11.3 Å². The highest BCUT2D eigenvalue weighted by atomic mass is 35.5. The van der Waals surface area contributed by atoms with Gasteiger partial charge < -0.3 is 4.52 Å². The smallest absolute Gasteiger partial charge is 0.320 e. The highest BCUT2D eigenvalue weighted by molar-refractivity contribution is 7.15. The van der Waals surface area contributed by atoms with Crippen LogP contribution >= 0.6 is 22.9 Å². The summed E-state index contributed by atoms with van der Waals surface area (Å²) in [7, 11) is 0. The van der Waals surface area contributed by atoms with Crippen LogP contribution in [0.4, 0.5) is 0 Å². The minimum Gasteiger partial charge on any atom is -0.321 e. The van der Waals surface area contributed by atoms with Crippen LogP contribution < -0.4 is 0 Å². The van der Waals surface area contributed by atoms with E-state index in [0.717, 1.165) is 4.88 Å². The number of hydrogen-bond acceptors (Lipinski definition) is 4. The minimum absolute atomic E-state index is 0.0797. The Balaban J connectivity index is 2.43. The molecule has 0 saturated heterocycles. The fraction of sp³-hybridized carbons (Fsp3) is 0.143. The van der Waals surface area contributed by atoms with Gasteiger partial charge in [0.2, 0.25) is 5.82 Å². The van der Waals surface area contributed by atoms with Gasteiger partial charge in [0.25, 0.3) is 0 Å². The van der Waals surface area contributed by atoms with Crippen molar-refractivity contribution in [2.24, 2.45) is 0 Å². The molecule has 0 aliphatic heterocycles. The molecule has 0 N–H and O–H groups in total. The molecule has 5 heteroatoms. The second kappa shape index (κ2) is 2.88. The van der Waals surface area contributed by atoms with E-state index in [2.05, 4.69) is 14.7 Å². The van der Waals surface area contributed by atoms with Crippen molar-refractivity contribution in [3.05, 3.63) is 22.4 Å². The average Bonchev–Trinajstić information content (AvgIpc) is 2.58. The van der Waals surface area contributed by atoms with E-state index < -0.39 is 0 Å². The third-order valence-electron chi connectivity index (χ3n) is 1.36. The van der Waals surface area contributed by atoms with E-state index >= 15 is 0 Å². The molecule has 0 fully saturated rings. The maximum Gasteiger partial charge on any atom is 0.320 e. The van der Waals surface area contributed by atoms with E-state index in [1.807, 2.05) is 19.1 Å². The van der Waals surface area contributed by atoms with E-state index in [4.69, 9.17) is 11.6 Å². The van der Waals surface area contributed by atoms with Crippen LogP contribution in [0.2, 0.25) is 5.35 Å². The number of aromatic nitrogens is 2. The molecule has 0 radical (unpaired) electrons. The van der Waals surface area contributed by atoms with Gasteiger partial charge in [-0.15, -0.1) is 11.3 Å². The summed E-state index contributed by atoms with van der Waals surface area (Å²) >= 11 is 7.09. The Bertz CT molecular complexity index is 357. The molecular formula is C7H5ClN2OS. The van der Waals surface area contributed by atoms with Gasteiger partial charge in [-0.3, -0.25) is 0 Å². The van der Waals surface area contributed by atoms with Crippen LogP contribution in [0.1, 0.15) is 4.88 Å². The zero-order valence-corrected chi connectivity index (χ0v) is 7.82. The first-order valence-corrected chi connectivity index (χ1v) is 4.51. The van der Waals surface area contributed by atoms with Gasteiger partial charge in [0.15, 0.2) is 0 Å². The van der Waals surface area contributed by atoms with Crippen molar-refractivity contribution in [2.75, 3.05) is 0 Å². The predicted octanol–water partition coefficient (Wildman–Crippen LogP) is 2.76. The number of nitrogens with zero attached hydrogens (tertiary/aromatic N) is 2. The molecule has 2 aromatic rings. The third kappa shape index (κ3) is 1.35. The molecule has 2 aromatic heterocycles. The lowest BCUT2D eigenvalue weighted by atomic mass is 10.4. The van der Waals surface area contributed by atoms with Crippen LogP contribution in [0.15, 0.2) is 16.7 Å². The SMILES string of the molecule is Cc1ccc(-c2noc(Cl)n2)s1. The van der Waals surface area contributed by atoms with Crippen LogP contribution in [0.5, 0.6) is 0 Å². The first kappa shape index (κ1) is 7.76. The quantitative estimate of drug-likeness (QED) is 0.711.